The van der Waals surface area contributed by atoms with Crippen molar-refractivity contribution >= 4 is 32.7 Å². The lowest BCUT2D eigenvalue weighted by atomic mass is 10.0. The largest absolute Gasteiger partial charge is 0.493 e. The summed E-state index contributed by atoms with van der Waals surface area (Å²) >= 11 is 3.28. The summed E-state index contributed by atoms with van der Waals surface area (Å²) in [6.45, 7) is -0.354. The Bertz CT molecular complexity index is 1490. The van der Waals surface area contributed by atoms with Crippen molar-refractivity contribution in [2.24, 2.45) is 0 Å². The van der Waals surface area contributed by atoms with Gasteiger partial charge in [-0.05, 0) is 42.0 Å². The minimum atomic E-state index is -4.97. The Balaban J connectivity index is 1.74. The fraction of sp³-hybridized carbons (Fsp3) is 0.154. The first-order valence-corrected chi connectivity index (χ1v) is 11.2. The molecule has 1 aromatic heterocycles. The lowest BCUT2D eigenvalue weighted by molar-refractivity contribution is -0.152. The molecule has 6 nitrogen and oxygen atoms in total. The van der Waals surface area contributed by atoms with E-state index in [9.17, 15) is 22.8 Å². The Morgan fingerprint density at radius 2 is 1.64 bits per heavy atom. The van der Waals surface area contributed by atoms with Gasteiger partial charge in [-0.25, -0.2) is 0 Å². The Hall–Kier alpha value is -3.79. The second-order valence-corrected chi connectivity index (χ2v) is 8.50. The summed E-state index contributed by atoms with van der Waals surface area (Å²) in [6, 6.07) is 14.5. The van der Waals surface area contributed by atoms with Crippen LogP contribution in [0.15, 0.2) is 74.3 Å². The van der Waals surface area contributed by atoms with Gasteiger partial charge in [0.25, 0.3) is 0 Å². The van der Waals surface area contributed by atoms with Crippen LogP contribution in [0.1, 0.15) is 16.1 Å². The minimum Gasteiger partial charge on any atom is -0.493 e. The van der Waals surface area contributed by atoms with Crippen molar-refractivity contribution in [1.29, 1.82) is 0 Å². The first kappa shape index (κ1) is 25.3. The molecule has 4 rings (SSSR count). The van der Waals surface area contributed by atoms with E-state index in [4.69, 9.17) is 18.6 Å². The van der Waals surface area contributed by atoms with Gasteiger partial charge in [0.05, 0.1) is 25.2 Å². The van der Waals surface area contributed by atoms with E-state index in [1.807, 2.05) is 0 Å². The lowest BCUT2D eigenvalue weighted by Crippen LogP contribution is -2.16. The van der Waals surface area contributed by atoms with Gasteiger partial charge in [0, 0.05) is 16.1 Å². The van der Waals surface area contributed by atoms with Crippen LogP contribution >= 0.6 is 15.9 Å². The number of ether oxygens (including phenoxy) is 3. The molecule has 0 aliphatic rings. The van der Waals surface area contributed by atoms with Crippen LogP contribution in [0.5, 0.6) is 17.2 Å². The molecule has 1 heterocycles. The molecule has 0 unspecified atom stereocenters. The van der Waals surface area contributed by atoms with Crippen molar-refractivity contribution in [2.45, 2.75) is 6.18 Å². The standard InChI is InChI=1S/C26H18BrF3O6/c1-33-20-10-5-15(11-22(20)34-2)23-24(32)18-9-8-17(12-21(18)36-25(23)26(28,29)30)35-13-19(31)14-3-6-16(27)7-4-14/h3-12H,13H2,1-2H3. The van der Waals surface area contributed by atoms with E-state index in [1.54, 1.807) is 24.3 Å². The Morgan fingerprint density at radius 3 is 2.28 bits per heavy atom. The van der Waals surface area contributed by atoms with Crippen LogP contribution in [0.25, 0.3) is 22.1 Å². The third kappa shape index (κ3) is 5.08. The van der Waals surface area contributed by atoms with Crippen LogP contribution in [0.3, 0.4) is 0 Å². The van der Waals surface area contributed by atoms with Crippen molar-refractivity contribution in [1.82, 2.24) is 0 Å². The molecule has 0 N–H and O–H groups in total. The van der Waals surface area contributed by atoms with Crippen molar-refractivity contribution in [2.75, 3.05) is 20.8 Å². The normalized spacial score (nSPS) is 11.4. The molecule has 186 valence electrons. The van der Waals surface area contributed by atoms with Crippen LogP contribution in [0.4, 0.5) is 13.2 Å². The predicted octanol–water partition coefficient (Wildman–Crippen LogP) is 6.52. The van der Waals surface area contributed by atoms with E-state index in [0.29, 0.717) is 11.3 Å². The Morgan fingerprint density at radius 1 is 0.944 bits per heavy atom. The van der Waals surface area contributed by atoms with E-state index in [0.717, 1.165) is 10.5 Å². The highest BCUT2D eigenvalue weighted by molar-refractivity contribution is 9.10. The minimum absolute atomic E-state index is 0.0453. The monoisotopic (exact) mass is 562 g/mol. The van der Waals surface area contributed by atoms with Crippen LogP contribution in [-0.2, 0) is 6.18 Å². The highest BCUT2D eigenvalue weighted by Gasteiger charge is 2.39. The molecule has 0 bridgehead atoms. The van der Waals surface area contributed by atoms with E-state index in [1.165, 1.54) is 44.6 Å². The van der Waals surface area contributed by atoms with Gasteiger partial charge in [-0.15, -0.1) is 0 Å². The molecule has 0 saturated carbocycles. The molecule has 10 heteroatoms. The number of alkyl halides is 3. The van der Waals surface area contributed by atoms with Crippen molar-refractivity contribution in [3.63, 3.8) is 0 Å². The second-order valence-electron chi connectivity index (χ2n) is 7.58. The number of hydrogen-bond acceptors (Lipinski definition) is 6. The molecule has 0 atom stereocenters. The van der Waals surface area contributed by atoms with Gasteiger partial charge < -0.3 is 18.6 Å². The fourth-order valence-corrected chi connectivity index (χ4v) is 3.85. The summed E-state index contributed by atoms with van der Waals surface area (Å²) in [6.07, 6.45) is -4.97. The van der Waals surface area contributed by atoms with Gasteiger partial charge in [0.1, 0.15) is 11.3 Å². The number of Topliss-reactive ketones (excluding diaryl/α,β-unsaturated/α-hetero) is 1. The number of carbonyl (C=O) groups excluding carboxylic acids is 1. The van der Waals surface area contributed by atoms with Crippen LogP contribution in [0.2, 0.25) is 0 Å². The molecular formula is C26H18BrF3O6. The molecular weight excluding hydrogens is 545 g/mol. The van der Waals surface area contributed by atoms with Crippen LogP contribution in [0, 0.1) is 0 Å². The number of halogens is 4. The third-order valence-electron chi connectivity index (χ3n) is 5.33. The van der Waals surface area contributed by atoms with Crippen molar-refractivity contribution in [3.05, 3.63) is 86.7 Å². The SMILES string of the molecule is COc1ccc(-c2c(C(F)(F)F)oc3cc(OCC(=O)c4ccc(Br)cc4)ccc3c2=O)cc1OC. The van der Waals surface area contributed by atoms with E-state index < -0.39 is 22.9 Å². The number of fused-ring (bicyclic) bond motifs is 1. The summed E-state index contributed by atoms with van der Waals surface area (Å²) in [5.74, 6) is -1.27. The predicted molar refractivity (Wildman–Crippen MR) is 130 cm³/mol. The van der Waals surface area contributed by atoms with Gasteiger partial charge in [0.15, 0.2) is 23.9 Å². The number of methoxy groups -OCH3 is 2. The van der Waals surface area contributed by atoms with Gasteiger partial charge in [-0.1, -0.05) is 34.1 Å². The lowest BCUT2D eigenvalue weighted by Gasteiger charge is -2.15. The Kier molecular flexibility index (Phi) is 7.07. The fourth-order valence-electron chi connectivity index (χ4n) is 3.58. The zero-order valence-electron chi connectivity index (χ0n) is 18.9. The quantitative estimate of drug-likeness (QED) is 0.239. The number of hydrogen-bond donors (Lipinski definition) is 0. The van der Waals surface area contributed by atoms with E-state index in [2.05, 4.69) is 15.9 Å². The number of carbonyl (C=O) groups is 1. The summed E-state index contributed by atoms with van der Waals surface area (Å²) in [7, 11) is 2.72. The number of rotatable bonds is 7. The topological polar surface area (TPSA) is 75.0 Å². The summed E-state index contributed by atoms with van der Waals surface area (Å²) in [4.78, 5) is 25.6. The molecule has 4 aromatic rings. The third-order valence-corrected chi connectivity index (χ3v) is 5.86. The molecule has 0 aliphatic carbocycles. The molecule has 0 aliphatic heterocycles. The van der Waals surface area contributed by atoms with E-state index >= 15 is 0 Å². The maximum atomic E-state index is 14.0. The zero-order chi connectivity index (χ0) is 26.0. The van der Waals surface area contributed by atoms with Crippen molar-refractivity contribution < 1.29 is 36.6 Å². The molecule has 0 amide bonds. The first-order valence-electron chi connectivity index (χ1n) is 10.4. The first-order chi connectivity index (χ1) is 17.1. The highest BCUT2D eigenvalue weighted by Crippen LogP contribution is 2.40. The van der Waals surface area contributed by atoms with Crippen LogP contribution < -0.4 is 19.6 Å². The van der Waals surface area contributed by atoms with Gasteiger partial charge in [-0.3, -0.25) is 9.59 Å². The molecule has 0 radical (unpaired) electrons. The maximum absolute atomic E-state index is 14.0. The molecule has 0 spiro atoms. The highest BCUT2D eigenvalue weighted by atomic mass is 79.9. The summed E-state index contributed by atoms with van der Waals surface area (Å²) < 4.78 is 63.7. The average Bonchev–Trinajstić information content (AvgIpc) is 2.86. The molecule has 36 heavy (non-hydrogen) atoms. The smallest absolute Gasteiger partial charge is 0.450 e. The van der Waals surface area contributed by atoms with E-state index in [-0.39, 0.29) is 40.4 Å². The summed E-state index contributed by atoms with van der Waals surface area (Å²) in [5, 5.41) is -0.0839. The molecule has 0 fully saturated rings. The molecule has 0 saturated heterocycles. The summed E-state index contributed by atoms with van der Waals surface area (Å²) in [5.41, 5.74) is -1.51. The number of ketones is 1. The number of benzene rings is 3. The van der Waals surface area contributed by atoms with Gasteiger partial charge in [-0.2, -0.15) is 13.2 Å². The van der Waals surface area contributed by atoms with Crippen molar-refractivity contribution in [3.8, 4) is 28.4 Å². The second kappa shape index (κ2) is 10.1. The van der Waals surface area contributed by atoms with Gasteiger partial charge >= 0.3 is 6.18 Å². The molecule has 3 aromatic carbocycles. The average molecular weight is 563 g/mol. The van der Waals surface area contributed by atoms with Gasteiger partial charge in [0.2, 0.25) is 11.2 Å². The zero-order valence-corrected chi connectivity index (χ0v) is 20.5. The Labute approximate surface area is 211 Å². The van der Waals surface area contributed by atoms with Crippen LogP contribution in [-0.4, -0.2) is 26.6 Å². The maximum Gasteiger partial charge on any atom is 0.450 e.